The van der Waals surface area contributed by atoms with Crippen LogP contribution in [-0.4, -0.2) is 82.0 Å². The van der Waals surface area contributed by atoms with E-state index in [2.05, 4.69) is 26.9 Å². The molecule has 9 nitrogen and oxygen atoms in total. The minimum absolute atomic E-state index is 0.0393. The van der Waals surface area contributed by atoms with Gasteiger partial charge in [-0.2, -0.15) is 0 Å². The van der Waals surface area contributed by atoms with Gasteiger partial charge in [0, 0.05) is 55.5 Å². The highest BCUT2D eigenvalue weighted by molar-refractivity contribution is 7.99. The molecule has 3 aromatic carbocycles. The first-order valence-electron chi connectivity index (χ1n) is 14.4. The third kappa shape index (κ3) is 7.37. The number of nitrogens with zero attached hydrogens (tertiary/aromatic N) is 5. The van der Waals surface area contributed by atoms with Gasteiger partial charge in [0.1, 0.15) is 17.3 Å². The Kier molecular flexibility index (Phi) is 9.99. The van der Waals surface area contributed by atoms with Crippen molar-refractivity contribution in [2.75, 3.05) is 39.6 Å². The molecule has 1 fully saturated rings. The lowest BCUT2D eigenvalue weighted by molar-refractivity contribution is -0.133. The van der Waals surface area contributed by atoms with E-state index in [0.717, 1.165) is 33.7 Å². The summed E-state index contributed by atoms with van der Waals surface area (Å²) in [6.07, 6.45) is 1.81. The van der Waals surface area contributed by atoms with E-state index in [4.69, 9.17) is 9.47 Å². The number of amides is 2. The normalized spacial score (nSPS) is 14.9. The zero-order valence-corrected chi connectivity index (χ0v) is 25.6. The molecule has 0 spiro atoms. The summed E-state index contributed by atoms with van der Waals surface area (Å²) >= 11 is 1.60. The first-order chi connectivity index (χ1) is 21.0. The average molecular weight is 600 g/mol. The number of hydrogen-bond donors (Lipinski definition) is 0. The highest BCUT2D eigenvalue weighted by Gasteiger charge is 2.30. The maximum Gasteiger partial charge on any atom is 0.254 e. The number of carbonyl (C=O) groups excluding carboxylic acids is 2. The first-order valence-corrected chi connectivity index (χ1v) is 15.4. The summed E-state index contributed by atoms with van der Waals surface area (Å²) in [4.78, 5) is 29.9. The molecule has 1 atom stereocenters. The van der Waals surface area contributed by atoms with Crippen LogP contribution < -0.4 is 9.47 Å². The molecule has 1 aromatic heterocycles. The summed E-state index contributed by atoms with van der Waals surface area (Å²) in [6, 6.07) is 25.2. The largest absolute Gasteiger partial charge is 0.497 e. The van der Waals surface area contributed by atoms with Gasteiger partial charge in [-0.25, -0.2) is 0 Å². The van der Waals surface area contributed by atoms with Crippen LogP contribution in [0.3, 0.4) is 0 Å². The van der Waals surface area contributed by atoms with Crippen molar-refractivity contribution in [1.82, 2.24) is 24.6 Å². The van der Waals surface area contributed by atoms with Crippen LogP contribution >= 0.6 is 11.8 Å². The molecule has 10 heteroatoms. The third-order valence-corrected chi connectivity index (χ3v) is 8.58. The van der Waals surface area contributed by atoms with Crippen LogP contribution in [0.15, 0.2) is 84.0 Å². The van der Waals surface area contributed by atoms with Crippen LogP contribution in [0.2, 0.25) is 0 Å². The molecule has 0 bridgehead atoms. The van der Waals surface area contributed by atoms with E-state index >= 15 is 0 Å². The molecule has 0 N–H and O–H groups in total. The highest BCUT2D eigenvalue weighted by Crippen LogP contribution is 2.26. The lowest BCUT2D eigenvalue weighted by atomic mass is 10.1. The zero-order chi connectivity index (χ0) is 30.2. The maximum absolute atomic E-state index is 13.1. The number of methoxy groups -OCH3 is 2. The average Bonchev–Trinajstić information content (AvgIpc) is 3.44. The number of rotatable bonds is 11. The molecular formula is C33H37N5O4S. The Morgan fingerprint density at radius 2 is 1.67 bits per heavy atom. The van der Waals surface area contributed by atoms with Gasteiger partial charge in [-0.15, -0.1) is 10.2 Å². The highest BCUT2D eigenvalue weighted by atomic mass is 32.2. The van der Waals surface area contributed by atoms with Gasteiger partial charge in [0.15, 0.2) is 5.16 Å². The summed E-state index contributed by atoms with van der Waals surface area (Å²) in [6.45, 7) is 3.55. The Balaban J connectivity index is 1.16. The Bertz CT molecular complexity index is 1530. The fraction of sp³-hybridized carbons (Fsp3) is 0.333. The fourth-order valence-electron chi connectivity index (χ4n) is 5.23. The molecule has 43 heavy (non-hydrogen) atoms. The number of aromatic nitrogens is 3. The summed E-state index contributed by atoms with van der Waals surface area (Å²) in [5.74, 6) is 3.10. The molecule has 224 valence electrons. The van der Waals surface area contributed by atoms with Crippen LogP contribution in [0.5, 0.6) is 11.5 Å². The van der Waals surface area contributed by atoms with Crippen molar-refractivity contribution in [1.29, 1.82) is 0 Å². The van der Waals surface area contributed by atoms with E-state index in [0.29, 0.717) is 50.2 Å². The lowest BCUT2D eigenvalue weighted by Gasteiger charge is -2.40. The van der Waals surface area contributed by atoms with Gasteiger partial charge in [-0.05, 0) is 61.4 Å². The number of ether oxygens (including phenoxy) is 2. The third-order valence-electron chi connectivity index (χ3n) is 7.56. The van der Waals surface area contributed by atoms with Crippen LogP contribution in [0, 0.1) is 0 Å². The topological polar surface area (TPSA) is 89.8 Å². The molecule has 0 radical (unpaired) electrons. The van der Waals surface area contributed by atoms with Crippen molar-refractivity contribution < 1.29 is 19.1 Å². The zero-order valence-electron chi connectivity index (χ0n) is 24.8. The van der Waals surface area contributed by atoms with Gasteiger partial charge >= 0.3 is 0 Å². The number of hydrogen-bond acceptors (Lipinski definition) is 7. The fourth-order valence-corrected chi connectivity index (χ4v) is 6.14. The predicted octanol–water partition coefficient (Wildman–Crippen LogP) is 5.12. The van der Waals surface area contributed by atoms with E-state index in [9.17, 15) is 9.59 Å². The molecule has 4 aromatic rings. The van der Waals surface area contributed by atoms with Crippen LogP contribution in [0.25, 0.3) is 5.69 Å². The molecule has 1 aliphatic heterocycles. The predicted molar refractivity (Wildman–Crippen MR) is 167 cm³/mol. The van der Waals surface area contributed by atoms with Crippen LogP contribution in [0.4, 0.5) is 0 Å². The molecular weight excluding hydrogens is 562 g/mol. The van der Waals surface area contributed by atoms with Gasteiger partial charge in [0.25, 0.3) is 5.91 Å². The summed E-state index contributed by atoms with van der Waals surface area (Å²) in [7, 11) is 3.24. The molecule has 1 unspecified atom stereocenters. The Hall–Kier alpha value is -4.31. The van der Waals surface area contributed by atoms with E-state index in [1.165, 1.54) is 0 Å². The summed E-state index contributed by atoms with van der Waals surface area (Å²) < 4.78 is 12.7. The van der Waals surface area contributed by atoms with E-state index in [1.54, 1.807) is 38.1 Å². The molecule has 1 aliphatic rings. The monoisotopic (exact) mass is 599 g/mol. The lowest BCUT2D eigenvalue weighted by Crippen LogP contribution is -2.55. The van der Waals surface area contributed by atoms with Crippen molar-refractivity contribution in [2.45, 2.75) is 37.4 Å². The number of piperazine rings is 1. The van der Waals surface area contributed by atoms with Crippen LogP contribution in [-0.2, 0) is 11.2 Å². The van der Waals surface area contributed by atoms with Gasteiger partial charge in [-0.3, -0.25) is 14.2 Å². The van der Waals surface area contributed by atoms with Crippen LogP contribution in [0.1, 0.15) is 41.5 Å². The van der Waals surface area contributed by atoms with Crippen molar-refractivity contribution >= 4 is 23.6 Å². The Morgan fingerprint density at radius 1 is 0.907 bits per heavy atom. The number of carbonyl (C=O) groups is 2. The molecule has 2 heterocycles. The Labute approximate surface area is 256 Å². The number of benzene rings is 3. The quantitative estimate of drug-likeness (QED) is 0.175. The van der Waals surface area contributed by atoms with E-state index in [1.807, 2.05) is 71.3 Å². The van der Waals surface area contributed by atoms with E-state index in [-0.39, 0.29) is 17.9 Å². The smallest absolute Gasteiger partial charge is 0.254 e. The van der Waals surface area contributed by atoms with Gasteiger partial charge in [0.2, 0.25) is 5.91 Å². The summed E-state index contributed by atoms with van der Waals surface area (Å²) in [5.41, 5.74) is 2.72. The van der Waals surface area contributed by atoms with Gasteiger partial charge in [-0.1, -0.05) is 48.2 Å². The molecule has 0 aliphatic carbocycles. The molecule has 2 amide bonds. The second-order valence-corrected chi connectivity index (χ2v) is 11.5. The summed E-state index contributed by atoms with van der Waals surface area (Å²) in [5, 5.41) is 9.83. The first kappa shape index (κ1) is 30.2. The minimum Gasteiger partial charge on any atom is -0.497 e. The molecule has 0 saturated carbocycles. The van der Waals surface area contributed by atoms with Crippen molar-refractivity contribution in [3.8, 4) is 17.2 Å². The van der Waals surface area contributed by atoms with Gasteiger partial charge < -0.3 is 19.3 Å². The second-order valence-electron chi connectivity index (χ2n) is 10.5. The van der Waals surface area contributed by atoms with Gasteiger partial charge in [0.05, 0.1) is 14.2 Å². The standard InChI is InChI=1S/C33H37N5O4S/c1-24-23-36(18-19-37(24)32(40)26-11-7-12-29(22-26)42-3)31(39)13-8-20-43-33-35-34-30(21-25-9-5-4-6-10-25)38(33)27-14-16-28(41-2)17-15-27/h4-7,9-12,14-17,22,24H,8,13,18-21,23H2,1-3H3. The Morgan fingerprint density at radius 3 is 2.40 bits per heavy atom. The number of thioether (sulfide) groups is 1. The van der Waals surface area contributed by atoms with Crippen molar-refractivity contribution in [3.63, 3.8) is 0 Å². The van der Waals surface area contributed by atoms with Crippen molar-refractivity contribution in [3.05, 3.63) is 95.8 Å². The van der Waals surface area contributed by atoms with Crippen molar-refractivity contribution in [2.24, 2.45) is 0 Å². The SMILES string of the molecule is COc1ccc(-n2c(Cc3ccccc3)nnc2SCCCC(=O)N2CCN(C(=O)c3cccc(OC)c3)C(C)C2)cc1. The minimum atomic E-state index is -0.0724. The second kappa shape index (κ2) is 14.2. The molecule has 5 rings (SSSR count). The molecule has 1 saturated heterocycles. The maximum atomic E-state index is 13.1. The van der Waals surface area contributed by atoms with E-state index < -0.39 is 0 Å².